The minimum Gasteiger partial charge on any atom is -0.394 e. The molecule has 0 saturated carbocycles. The summed E-state index contributed by atoms with van der Waals surface area (Å²) in [4.78, 5) is 13.2. The predicted molar refractivity (Wildman–Crippen MR) is 302 cm³/mol. The third-order valence-corrected chi connectivity index (χ3v) is 15.3. The monoisotopic (exact) mass is 1040 g/mol. The first-order valence-electron chi connectivity index (χ1n) is 31.2. The van der Waals surface area contributed by atoms with E-state index in [0.29, 0.717) is 19.3 Å². The molecular formula is C62H119NO10. The van der Waals surface area contributed by atoms with Crippen LogP contribution in [0, 0.1) is 0 Å². The molecule has 0 radical (unpaired) electrons. The van der Waals surface area contributed by atoms with Crippen LogP contribution in [0.25, 0.3) is 0 Å². The van der Waals surface area contributed by atoms with Crippen molar-refractivity contribution in [1.82, 2.24) is 5.32 Å². The number of aliphatic hydroxyl groups is 7. The fraction of sp³-hybridized carbons (Fsp3) is 0.919. The Hall–Kier alpha value is -1.41. The Bertz CT molecular complexity index is 1240. The normalized spacial score (nSPS) is 20.0. The van der Waals surface area contributed by atoms with Crippen molar-refractivity contribution in [2.45, 2.75) is 351 Å². The topological polar surface area (TPSA) is 189 Å². The third-order valence-electron chi connectivity index (χ3n) is 15.3. The SMILES string of the molecule is CCCCCCCCCCC/C=C\C/C=C\CCCCCCCCCCC(O)C(=O)NC(COC1OC(CO)C(O)C(O)C1O)C(O)C(O)CCCCCCCCCCCCCCCCCCCCCCCC. The van der Waals surface area contributed by atoms with Gasteiger partial charge in [0, 0.05) is 0 Å². The molecule has 1 amide bonds. The van der Waals surface area contributed by atoms with Crippen LogP contribution >= 0.6 is 0 Å². The zero-order valence-corrected chi connectivity index (χ0v) is 47.4. The number of amides is 1. The van der Waals surface area contributed by atoms with Gasteiger partial charge in [-0.2, -0.15) is 0 Å². The van der Waals surface area contributed by atoms with E-state index in [0.717, 1.165) is 51.4 Å². The lowest BCUT2D eigenvalue weighted by Gasteiger charge is -2.40. The molecule has 9 unspecified atom stereocenters. The van der Waals surface area contributed by atoms with Crippen LogP contribution in [0.3, 0.4) is 0 Å². The van der Waals surface area contributed by atoms with E-state index in [2.05, 4.69) is 43.5 Å². The minimum absolute atomic E-state index is 0.255. The predicted octanol–water partition coefficient (Wildman–Crippen LogP) is 13.7. The van der Waals surface area contributed by atoms with Gasteiger partial charge in [-0.05, 0) is 44.9 Å². The van der Waals surface area contributed by atoms with Gasteiger partial charge in [-0.15, -0.1) is 0 Å². The zero-order valence-electron chi connectivity index (χ0n) is 47.4. The number of carbonyl (C=O) groups is 1. The number of hydrogen-bond donors (Lipinski definition) is 8. The summed E-state index contributed by atoms with van der Waals surface area (Å²) in [5, 5.41) is 76.3. The van der Waals surface area contributed by atoms with E-state index in [9.17, 15) is 40.5 Å². The Kier molecular flexibility index (Phi) is 49.0. The molecule has 1 rings (SSSR count). The van der Waals surface area contributed by atoms with Crippen LogP contribution in [-0.2, 0) is 14.3 Å². The van der Waals surface area contributed by atoms with Gasteiger partial charge < -0.3 is 50.5 Å². The molecule has 73 heavy (non-hydrogen) atoms. The molecule has 11 heteroatoms. The summed E-state index contributed by atoms with van der Waals surface area (Å²) in [7, 11) is 0. The van der Waals surface area contributed by atoms with Crippen molar-refractivity contribution in [3.8, 4) is 0 Å². The van der Waals surface area contributed by atoms with E-state index in [4.69, 9.17) is 9.47 Å². The van der Waals surface area contributed by atoms with Crippen LogP contribution in [0.5, 0.6) is 0 Å². The van der Waals surface area contributed by atoms with E-state index < -0.39 is 74.2 Å². The van der Waals surface area contributed by atoms with Crippen LogP contribution in [0.15, 0.2) is 24.3 Å². The maximum absolute atomic E-state index is 13.2. The summed E-state index contributed by atoms with van der Waals surface area (Å²) < 4.78 is 11.2. The highest BCUT2D eigenvalue weighted by Crippen LogP contribution is 2.24. The third kappa shape index (κ3) is 39.6. The lowest BCUT2D eigenvalue weighted by Crippen LogP contribution is -2.60. The van der Waals surface area contributed by atoms with Gasteiger partial charge in [-0.25, -0.2) is 0 Å². The highest BCUT2D eigenvalue weighted by atomic mass is 16.7. The number of ether oxygens (including phenoxy) is 2. The fourth-order valence-corrected chi connectivity index (χ4v) is 10.2. The Morgan fingerprint density at radius 2 is 0.836 bits per heavy atom. The van der Waals surface area contributed by atoms with E-state index in [-0.39, 0.29) is 6.42 Å². The second-order valence-electron chi connectivity index (χ2n) is 22.1. The van der Waals surface area contributed by atoms with E-state index >= 15 is 0 Å². The molecule has 0 spiro atoms. The molecule has 9 atom stereocenters. The zero-order chi connectivity index (χ0) is 53.3. The highest BCUT2D eigenvalue weighted by Gasteiger charge is 2.44. The number of nitrogens with one attached hydrogen (secondary N) is 1. The number of aliphatic hydroxyl groups excluding tert-OH is 7. The van der Waals surface area contributed by atoms with Crippen molar-refractivity contribution in [2.75, 3.05) is 13.2 Å². The maximum atomic E-state index is 13.2. The largest absolute Gasteiger partial charge is 0.394 e. The van der Waals surface area contributed by atoms with Crippen LogP contribution < -0.4 is 5.32 Å². The average Bonchev–Trinajstić information content (AvgIpc) is 3.39. The summed E-state index contributed by atoms with van der Waals surface area (Å²) in [6.07, 6.45) is 50.8. The van der Waals surface area contributed by atoms with Crippen LogP contribution in [0.2, 0.25) is 0 Å². The molecule has 8 N–H and O–H groups in total. The quantitative estimate of drug-likeness (QED) is 0.0215. The molecule has 0 aliphatic carbocycles. The molecule has 1 aliphatic heterocycles. The summed E-state index contributed by atoms with van der Waals surface area (Å²) in [5.74, 6) is -0.697. The molecule has 1 aliphatic rings. The molecule has 432 valence electrons. The average molecular weight is 1040 g/mol. The molecular weight excluding hydrogens is 919 g/mol. The van der Waals surface area contributed by atoms with Gasteiger partial charge in [0.2, 0.25) is 5.91 Å². The van der Waals surface area contributed by atoms with Crippen LogP contribution in [0.1, 0.15) is 296 Å². The molecule has 0 aromatic heterocycles. The van der Waals surface area contributed by atoms with Gasteiger partial charge in [0.1, 0.15) is 36.6 Å². The van der Waals surface area contributed by atoms with Gasteiger partial charge in [0.25, 0.3) is 0 Å². The second-order valence-corrected chi connectivity index (χ2v) is 22.1. The van der Waals surface area contributed by atoms with Crippen molar-refractivity contribution in [2.24, 2.45) is 0 Å². The first kappa shape index (κ1) is 69.6. The smallest absolute Gasteiger partial charge is 0.249 e. The molecule has 0 aromatic carbocycles. The van der Waals surface area contributed by atoms with E-state index in [1.165, 1.54) is 205 Å². The molecule has 0 bridgehead atoms. The van der Waals surface area contributed by atoms with E-state index in [1.807, 2.05) is 0 Å². The Morgan fingerprint density at radius 3 is 1.22 bits per heavy atom. The summed E-state index contributed by atoms with van der Waals surface area (Å²) in [6, 6.07) is -1.17. The van der Waals surface area contributed by atoms with Gasteiger partial charge in [0.05, 0.1) is 25.4 Å². The maximum Gasteiger partial charge on any atom is 0.249 e. The Morgan fingerprint density at radius 1 is 0.479 bits per heavy atom. The van der Waals surface area contributed by atoms with Gasteiger partial charge in [-0.3, -0.25) is 4.79 Å². The van der Waals surface area contributed by atoms with Gasteiger partial charge in [0.15, 0.2) is 6.29 Å². The van der Waals surface area contributed by atoms with Gasteiger partial charge >= 0.3 is 0 Å². The van der Waals surface area contributed by atoms with Crippen LogP contribution in [-0.4, -0.2) is 110 Å². The number of rotatable bonds is 54. The number of allylic oxidation sites excluding steroid dienone is 4. The van der Waals surface area contributed by atoms with Crippen molar-refractivity contribution in [3.05, 3.63) is 24.3 Å². The van der Waals surface area contributed by atoms with E-state index in [1.54, 1.807) is 0 Å². The van der Waals surface area contributed by atoms with Crippen molar-refractivity contribution in [1.29, 1.82) is 0 Å². The lowest BCUT2D eigenvalue weighted by molar-refractivity contribution is -0.303. The van der Waals surface area contributed by atoms with Crippen molar-refractivity contribution < 1.29 is 50.0 Å². The molecule has 1 fully saturated rings. The van der Waals surface area contributed by atoms with Gasteiger partial charge in [-0.1, -0.05) is 276 Å². The second kappa shape index (κ2) is 51.4. The Balaban J connectivity index is 2.28. The fourth-order valence-electron chi connectivity index (χ4n) is 10.2. The number of unbranched alkanes of at least 4 members (excludes halogenated alkanes) is 38. The number of carbonyl (C=O) groups excluding carboxylic acids is 1. The summed E-state index contributed by atoms with van der Waals surface area (Å²) >= 11 is 0. The summed E-state index contributed by atoms with van der Waals surface area (Å²) in [5.41, 5.74) is 0. The highest BCUT2D eigenvalue weighted by molar-refractivity contribution is 5.80. The Labute approximate surface area is 448 Å². The lowest BCUT2D eigenvalue weighted by atomic mass is 9.98. The first-order chi connectivity index (χ1) is 35.7. The summed E-state index contributed by atoms with van der Waals surface area (Å²) in [6.45, 7) is 3.49. The molecule has 1 heterocycles. The molecule has 11 nitrogen and oxygen atoms in total. The standard InChI is InChI=1S/C62H119NO10/c1-3-5-7-9-11-13-15-17-19-21-23-25-27-28-30-32-34-36-38-40-42-44-46-48-50-55(66)61(71)63-53(52-72-62-60(70)59(69)58(68)56(51-64)73-62)57(67)54(65)49-47-45-43-41-39-37-35-33-31-29-26-24-22-20-18-16-14-12-10-8-6-4-2/h23,25,28,30,53-60,62,64-70H,3-22,24,26-27,29,31-52H2,1-2H3,(H,63,71)/b25-23-,30-28-. The molecule has 0 aromatic rings. The molecule has 1 saturated heterocycles. The van der Waals surface area contributed by atoms with Crippen molar-refractivity contribution in [3.63, 3.8) is 0 Å². The number of hydrogen-bond acceptors (Lipinski definition) is 10. The minimum atomic E-state index is -1.66. The van der Waals surface area contributed by atoms with Crippen molar-refractivity contribution >= 4 is 5.91 Å². The first-order valence-corrected chi connectivity index (χ1v) is 31.2. The van der Waals surface area contributed by atoms with Crippen LogP contribution in [0.4, 0.5) is 0 Å².